The van der Waals surface area contributed by atoms with E-state index in [1.165, 1.54) is 7.11 Å². The van der Waals surface area contributed by atoms with E-state index < -0.39 is 17.6 Å². The van der Waals surface area contributed by atoms with E-state index in [0.29, 0.717) is 12.2 Å². The number of nitrogens with one attached hydrogen (secondary N) is 1. The van der Waals surface area contributed by atoms with E-state index in [0.717, 1.165) is 23.8 Å². The van der Waals surface area contributed by atoms with Crippen molar-refractivity contribution in [2.45, 2.75) is 26.1 Å². The molecule has 0 fully saturated rings. The predicted molar refractivity (Wildman–Crippen MR) is 91.4 cm³/mol. The number of carbonyl (C=O) groups is 1. The Balaban J connectivity index is 2.21. The van der Waals surface area contributed by atoms with Crippen molar-refractivity contribution in [2.24, 2.45) is 0 Å². The van der Waals surface area contributed by atoms with Crippen LogP contribution in [0, 0.1) is 0 Å². The zero-order valence-corrected chi connectivity index (χ0v) is 14.5. The van der Waals surface area contributed by atoms with Gasteiger partial charge in [-0.1, -0.05) is 25.1 Å². The molecule has 0 aliphatic heterocycles. The number of hydrogen-bond donors (Lipinski definition) is 1. The van der Waals surface area contributed by atoms with Crippen molar-refractivity contribution in [3.63, 3.8) is 0 Å². The summed E-state index contributed by atoms with van der Waals surface area (Å²) in [4.78, 5) is 12.4. The van der Waals surface area contributed by atoms with E-state index in [4.69, 9.17) is 9.47 Å². The Morgan fingerprint density at radius 1 is 1.12 bits per heavy atom. The third-order valence-corrected chi connectivity index (χ3v) is 3.65. The summed E-state index contributed by atoms with van der Waals surface area (Å²) in [6.45, 7) is 2.22. The fraction of sp³-hybridized carbons (Fsp3) is 0.316. The van der Waals surface area contributed by atoms with E-state index in [9.17, 15) is 18.0 Å². The van der Waals surface area contributed by atoms with E-state index in [2.05, 4.69) is 5.32 Å². The second-order valence-corrected chi connectivity index (χ2v) is 5.55. The van der Waals surface area contributed by atoms with Crippen LogP contribution in [0.4, 0.5) is 13.2 Å². The molecule has 0 bridgehead atoms. The SMILES string of the molecule is CCCOc1cc(C(F)(F)F)ccc1C(=O)NCc1ccccc1OC. The molecule has 0 spiro atoms. The number of carbonyl (C=O) groups excluding carboxylic acids is 1. The van der Waals surface area contributed by atoms with Crippen molar-refractivity contribution in [3.8, 4) is 11.5 Å². The summed E-state index contributed by atoms with van der Waals surface area (Å²) in [5.74, 6) is 0.0117. The molecule has 4 nitrogen and oxygen atoms in total. The molecule has 1 N–H and O–H groups in total. The smallest absolute Gasteiger partial charge is 0.416 e. The molecule has 0 aliphatic carbocycles. The minimum Gasteiger partial charge on any atom is -0.496 e. The monoisotopic (exact) mass is 367 g/mol. The second kappa shape index (κ2) is 8.60. The average Bonchev–Trinajstić information content (AvgIpc) is 2.63. The van der Waals surface area contributed by atoms with Gasteiger partial charge in [0.25, 0.3) is 5.91 Å². The summed E-state index contributed by atoms with van der Waals surface area (Å²) in [6.07, 6.45) is -3.89. The number of benzene rings is 2. The Morgan fingerprint density at radius 3 is 2.50 bits per heavy atom. The Kier molecular flexibility index (Phi) is 6.49. The Bertz CT molecular complexity index is 760. The molecule has 0 atom stereocenters. The molecule has 0 saturated carbocycles. The Morgan fingerprint density at radius 2 is 1.85 bits per heavy atom. The Hall–Kier alpha value is -2.70. The van der Waals surface area contributed by atoms with Crippen molar-refractivity contribution in [3.05, 3.63) is 59.2 Å². The molecule has 140 valence electrons. The number of rotatable bonds is 7. The van der Waals surface area contributed by atoms with Crippen LogP contribution in [0.15, 0.2) is 42.5 Å². The normalized spacial score (nSPS) is 11.1. The van der Waals surface area contributed by atoms with Gasteiger partial charge in [-0.05, 0) is 30.7 Å². The van der Waals surface area contributed by atoms with Gasteiger partial charge in [0, 0.05) is 12.1 Å². The van der Waals surface area contributed by atoms with Gasteiger partial charge in [-0.15, -0.1) is 0 Å². The maximum Gasteiger partial charge on any atom is 0.416 e. The maximum absolute atomic E-state index is 12.9. The van der Waals surface area contributed by atoms with Crippen LogP contribution in [0.25, 0.3) is 0 Å². The van der Waals surface area contributed by atoms with E-state index in [1.807, 2.05) is 6.92 Å². The minimum absolute atomic E-state index is 0.0568. The quantitative estimate of drug-likeness (QED) is 0.787. The molecule has 26 heavy (non-hydrogen) atoms. The van der Waals surface area contributed by atoms with Crippen LogP contribution in [0.3, 0.4) is 0 Å². The molecule has 0 aromatic heterocycles. The van der Waals surface area contributed by atoms with E-state index >= 15 is 0 Å². The van der Waals surface area contributed by atoms with E-state index in [1.54, 1.807) is 24.3 Å². The van der Waals surface area contributed by atoms with Crippen LogP contribution in [0.2, 0.25) is 0 Å². The van der Waals surface area contributed by atoms with Crippen molar-refractivity contribution >= 4 is 5.91 Å². The molecular formula is C19H20F3NO3. The zero-order valence-electron chi connectivity index (χ0n) is 14.5. The molecule has 2 aromatic carbocycles. The molecule has 1 amide bonds. The average molecular weight is 367 g/mol. The topological polar surface area (TPSA) is 47.6 Å². The van der Waals surface area contributed by atoms with Gasteiger partial charge < -0.3 is 14.8 Å². The van der Waals surface area contributed by atoms with Gasteiger partial charge in [0.05, 0.1) is 24.8 Å². The van der Waals surface area contributed by atoms with Gasteiger partial charge in [-0.25, -0.2) is 0 Å². The largest absolute Gasteiger partial charge is 0.496 e. The lowest BCUT2D eigenvalue weighted by atomic mass is 10.1. The summed E-state index contributed by atoms with van der Waals surface area (Å²) in [5.41, 5.74) is -0.0440. The van der Waals surface area contributed by atoms with Gasteiger partial charge in [-0.3, -0.25) is 4.79 Å². The lowest BCUT2D eigenvalue weighted by Crippen LogP contribution is -2.24. The number of methoxy groups -OCH3 is 1. The third-order valence-electron chi connectivity index (χ3n) is 3.65. The number of para-hydroxylation sites is 1. The second-order valence-electron chi connectivity index (χ2n) is 5.55. The van der Waals surface area contributed by atoms with E-state index in [-0.39, 0.29) is 24.5 Å². The van der Waals surface area contributed by atoms with Crippen molar-refractivity contribution in [1.82, 2.24) is 5.32 Å². The molecule has 0 unspecified atom stereocenters. The fourth-order valence-corrected chi connectivity index (χ4v) is 2.34. The summed E-state index contributed by atoms with van der Waals surface area (Å²) >= 11 is 0. The minimum atomic E-state index is -4.50. The van der Waals surface area contributed by atoms with Crippen molar-refractivity contribution in [2.75, 3.05) is 13.7 Å². The molecule has 0 aliphatic rings. The standard InChI is InChI=1S/C19H20F3NO3/c1-3-10-26-17-11-14(19(20,21)22)8-9-15(17)18(24)23-12-13-6-4-5-7-16(13)25-2/h4-9,11H,3,10,12H2,1-2H3,(H,23,24). The number of hydrogen-bond acceptors (Lipinski definition) is 3. The maximum atomic E-state index is 12.9. The summed E-state index contributed by atoms with van der Waals surface area (Å²) in [5, 5.41) is 2.68. The van der Waals surface area contributed by atoms with Gasteiger partial charge >= 0.3 is 6.18 Å². The van der Waals surface area contributed by atoms with Crippen molar-refractivity contribution < 1.29 is 27.4 Å². The van der Waals surface area contributed by atoms with Crippen LogP contribution >= 0.6 is 0 Å². The lowest BCUT2D eigenvalue weighted by Gasteiger charge is -2.15. The molecular weight excluding hydrogens is 347 g/mol. The first-order valence-corrected chi connectivity index (χ1v) is 8.11. The van der Waals surface area contributed by atoms with Crippen LogP contribution in [-0.4, -0.2) is 19.6 Å². The van der Waals surface area contributed by atoms with Crippen LogP contribution in [-0.2, 0) is 12.7 Å². The molecule has 0 saturated heterocycles. The molecule has 0 radical (unpaired) electrons. The molecule has 2 aromatic rings. The van der Waals surface area contributed by atoms with Gasteiger partial charge in [0.1, 0.15) is 11.5 Å². The number of halogens is 3. The van der Waals surface area contributed by atoms with Crippen LogP contribution < -0.4 is 14.8 Å². The third kappa shape index (κ3) is 4.91. The highest BCUT2D eigenvalue weighted by molar-refractivity contribution is 5.97. The summed E-state index contributed by atoms with van der Waals surface area (Å²) in [7, 11) is 1.52. The zero-order chi connectivity index (χ0) is 19.2. The highest BCUT2D eigenvalue weighted by Gasteiger charge is 2.32. The van der Waals surface area contributed by atoms with Gasteiger partial charge in [0.15, 0.2) is 0 Å². The highest BCUT2D eigenvalue weighted by atomic mass is 19.4. The number of amides is 1. The molecule has 0 heterocycles. The summed E-state index contributed by atoms with van der Waals surface area (Å²) < 4.78 is 49.3. The fourth-order valence-electron chi connectivity index (χ4n) is 2.34. The van der Waals surface area contributed by atoms with Gasteiger partial charge in [-0.2, -0.15) is 13.2 Å². The first kappa shape index (κ1) is 19.6. The highest BCUT2D eigenvalue weighted by Crippen LogP contribution is 2.33. The number of ether oxygens (including phenoxy) is 2. The molecule has 7 heteroatoms. The van der Waals surface area contributed by atoms with Crippen molar-refractivity contribution in [1.29, 1.82) is 0 Å². The van der Waals surface area contributed by atoms with Crippen LogP contribution in [0.1, 0.15) is 34.8 Å². The first-order valence-electron chi connectivity index (χ1n) is 8.11. The first-order chi connectivity index (χ1) is 12.4. The Labute approximate surface area is 149 Å². The van der Waals surface area contributed by atoms with Gasteiger partial charge in [0.2, 0.25) is 0 Å². The summed E-state index contributed by atoms with van der Waals surface area (Å²) in [6, 6.07) is 10.0. The number of alkyl halides is 3. The predicted octanol–water partition coefficient (Wildman–Crippen LogP) is 4.43. The lowest BCUT2D eigenvalue weighted by molar-refractivity contribution is -0.137. The molecule has 2 rings (SSSR count). The van der Waals surface area contributed by atoms with Crippen LogP contribution in [0.5, 0.6) is 11.5 Å².